The van der Waals surface area contributed by atoms with Gasteiger partial charge in [0, 0.05) is 42.7 Å². The summed E-state index contributed by atoms with van der Waals surface area (Å²) >= 11 is 0. The van der Waals surface area contributed by atoms with Crippen LogP contribution in [0.15, 0.2) is 59.3 Å². The van der Waals surface area contributed by atoms with Gasteiger partial charge in [-0.3, -0.25) is 4.79 Å². The van der Waals surface area contributed by atoms with Gasteiger partial charge < -0.3 is 14.4 Å². The van der Waals surface area contributed by atoms with E-state index in [9.17, 15) is 4.79 Å². The number of hydrogen-bond acceptors (Lipinski definition) is 5. The van der Waals surface area contributed by atoms with Gasteiger partial charge in [-0.05, 0) is 36.3 Å². The molecule has 0 aliphatic carbocycles. The minimum atomic E-state index is -0.774. The van der Waals surface area contributed by atoms with Gasteiger partial charge in [0.2, 0.25) is 5.89 Å². The lowest BCUT2D eigenvalue weighted by atomic mass is 9.99. The Balaban J connectivity index is 1.64. The van der Waals surface area contributed by atoms with Crippen LogP contribution in [0.1, 0.15) is 24.3 Å². The Morgan fingerprint density at radius 2 is 2.12 bits per heavy atom. The number of carboxylic acids is 1. The van der Waals surface area contributed by atoms with E-state index in [0.717, 1.165) is 16.8 Å². The summed E-state index contributed by atoms with van der Waals surface area (Å²) in [5, 5.41) is 8.84. The highest BCUT2D eigenvalue weighted by Gasteiger charge is 2.17. The molecule has 130 valence electrons. The van der Waals surface area contributed by atoms with Gasteiger partial charge in [-0.1, -0.05) is 18.2 Å². The molecule has 6 nitrogen and oxygen atoms in total. The molecule has 0 fully saturated rings. The van der Waals surface area contributed by atoms with E-state index in [1.165, 1.54) is 0 Å². The first kappa shape index (κ1) is 16.1. The Labute approximate surface area is 150 Å². The zero-order chi connectivity index (χ0) is 17.9. The Bertz CT molecular complexity index is 987. The Morgan fingerprint density at radius 3 is 2.96 bits per heavy atom. The van der Waals surface area contributed by atoms with Crippen molar-refractivity contribution in [2.24, 2.45) is 0 Å². The normalized spacial score (nSPS) is 14.8. The first-order valence-electron chi connectivity index (χ1n) is 8.40. The molecule has 3 heterocycles. The quantitative estimate of drug-likeness (QED) is 0.752. The lowest BCUT2D eigenvalue weighted by Gasteiger charge is -2.27. The first-order valence-corrected chi connectivity index (χ1v) is 8.40. The Hall–Kier alpha value is -3.41. The minimum absolute atomic E-state index is 0.158. The third-order valence-corrected chi connectivity index (χ3v) is 4.21. The van der Waals surface area contributed by atoms with Gasteiger partial charge in [-0.25, -0.2) is 4.98 Å². The van der Waals surface area contributed by atoms with Gasteiger partial charge in [0.25, 0.3) is 0 Å². The SMILES string of the molecule is O=C(O)CCCN1C=CC(=Cc2nc3ncccc3o2)c2ccccc21. The second-order valence-electron chi connectivity index (χ2n) is 6.00. The number of hydrogen-bond donors (Lipinski definition) is 1. The Morgan fingerprint density at radius 1 is 1.23 bits per heavy atom. The maximum atomic E-state index is 10.7. The number of pyridine rings is 1. The number of aromatic nitrogens is 2. The summed E-state index contributed by atoms with van der Waals surface area (Å²) in [4.78, 5) is 21.4. The molecule has 6 heteroatoms. The van der Waals surface area contributed by atoms with E-state index in [1.54, 1.807) is 6.20 Å². The molecule has 1 aliphatic rings. The molecule has 0 unspecified atom stereocenters. The van der Waals surface area contributed by atoms with Gasteiger partial charge >= 0.3 is 5.97 Å². The molecule has 3 aromatic rings. The highest BCUT2D eigenvalue weighted by Crippen LogP contribution is 2.34. The minimum Gasteiger partial charge on any atom is -0.481 e. The van der Waals surface area contributed by atoms with Crippen molar-refractivity contribution in [2.45, 2.75) is 12.8 Å². The number of nitrogens with zero attached hydrogens (tertiary/aromatic N) is 3. The molecule has 4 rings (SSSR count). The van der Waals surface area contributed by atoms with Crippen molar-refractivity contribution in [3.63, 3.8) is 0 Å². The molecule has 26 heavy (non-hydrogen) atoms. The molecule has 0 atom stereocenters. The number of benzene rings is 1. The number of carboxylic acid groups (broad SMARTS) is 1. The van der Waals surface area contributed by atoms with Gasteiger partial charge in [-0.15, -0.1) is 0 Å². The summed E-state index contributed by atoms with van der Waals surface area (Å²) in [6.07, 6.45) is 8.29. The maximum Gasteiger partial charge on any atom is 0.303 e. The predicted octanol–water partition coefficient (Wildman–Crippen LogP) is 3.96. The largest absolute Gasteiger partial charge is 0.481 e. The monoisotopic (exact) mass is 347 g/mol. The third-order valence-electron chi connectivity index (χ3n) is 4.21. The van der Waals surface area contributed by atoms with E-state index in [0.29, 0.717) is 30.1 Å². The number of rotatable bonds is 5. The summed E-state index contributed by atoms with van der Waals surface area (Å²) in [6.45, 7) is 0.653. The van der Waals surface area contributed by atoms with Crippen LogP contribution in [0.4, 0.5) is 5.69 Å². The fraction of sp³-hybridized carbons (Fsp3) is 0.150. The average Bonchev–Trinajstić information content (AvgIpc) is 3.05. The van der Waals surface area contributed by atoms with Crippen molar-refractivity contribution >= 4 is 34.5 Å². The van der Waals surface area contributed by atoms with Crippen LogP contribution in [0.5, 0.6) is 0 Å². The summed E-state index contributed by atoms with van der Waals surface area (Å²) < 4.78 is 5.74. The van der Waals surface area contributed by atoms with E-state index < -0.39 is 5.97 Å². The molecule has 2 aromatic heterocycles. The van der Waals surface area contributed by atoms with E-state index in [-0.39, 0.29) is 6.42 Å². The van der Waals surface area contributed by atoms with E-state index in [1.807, 2.05) is 54.8 Å². The molecule has 0 amide bonds. The predicted molar refractivity (Wildman–Crippen MR) is 99.5 cm³/mol. The number of para-hydroxylation sites is 1. The van der Waals surface area contributed by atoms with Crippen molar-refractivity contribution in [1.82, 2.24) is 9.97 Å². The van der Waals surface area contributed by atoms with E-state index in [2.05, 4.69) is 14.9 Å². The lowest BCUT2D eigenvalue weighted by Crippen LogP contribution is -2.21. The number of carbonyl (C=O) groups is 1. The van der Waals surface area contributed by atoms with Crippen LogP contribution in [0.25, 0.3) is 22.9 Å². The number of anilines is 1. The molecule has 0 saturated carbocycles. The molecule has 1 N–H and O–H groups in total. The van der Waals surface area contributed by atoms with Crippen LogP contribution >= 0.6 is 0 Å². The standard InChI is InChI=1S/C20H17N3O3/c24-19(25)8-4-11-23-12-9-14(15-5-1-2-6-16(15)23)13-18-22-20-17(26-18)7-3-10-21-20/h1-3,5-7,9-10,12-13H,4,8,11H2,(H,24,25). The maximum absolute atomic E-state index is 10.7. The summed E-state index contributed by atoms with van der Waals surface area (Å²) in [5.74, 6) is -0.267. The third kappa shape index (κ3) is 3.21. The van der Waals surface area contributed by atoms with Gasteiger partial charge in [0.1, 0.15) is 0 Å². The highest BCUT2D eigenvalue weighted by atomic mass is 16.4. The van der Waals surface area contributed by atoms with Crippen molar-refractivity contribution in [3.05, 3.63) is 66.3 Å². The van der Waals surface area contributed by atoms with E-state index in [4.69, 9.17) is 9.52 Å². The fourth-order valence-corrected chi connectivity index (χ4v) is 3.01. The average molecular weight is 347 g/mol. The molecule has 1 aliphatic heterocycles. The van der Waals surface area contributed by atoms with Crippen LogP contribution in [0.2, 0.25) is 0 Å². The van der Waals surface area contributed by atoms with E-state index >= 15 is 0 Å². The highest BCUT2D eigenvalue weighted by molar-refractivity contribution is 5.94. The number of allylic oxidation sites excluding steroid dienone is 2. The van der Waals surface area contributed by atoms with Gasteiger partial charge in [-0.2, -0.15) is 4.98 Å². The molecule has 0 bridgehead atoms. The zero-order valence-electron chi connectivity index (χ0n) is 14.0. The van der Waals surface area contributed by atoms with Crippen LogP contribution < -0.4 is 4.90 Å². The van der Waals surface area contributed by atoms with Crippen LogP contribution in [-0.4, -0.2) is 27.6 Å². The molecule has 1 aromatic carbocycles. The summed E-state index contributed by atoms with van der Waals surface area (Å²) in [5.41, 5.74) is 4.33. The van der Waals surface area contributed by atoms with Crippen molar-refractivity contribution < 1.29 is 14.3 Å². The smallest absolute Gasteiger partial charge is 0.303 e. The van der Waals surface area contributed by atoms with Crippen LogP contribution in [0.3, 0.4) is 0 Å². The van der Waals surface area contributed by atoms with Gasteiger partial charge in [0.05, 0.1) is 0 Å². The summed E-state index contributed by atoms with van der Waals surface area (Å²) in [6, 6.07) is 11.7. The summed E-state index contributed by atoms with van der Waals surface area (Å²) in [7, 11) is 0. The van der Waals surface area contributed by atoms with Crippen molar-refractivity contribution in [3.8, 4) is 0 Å². The molecular formula is C20H17N3O3. The van der Waals surface area contributed by atoms with Crippen molar-refractivity contribution in [1.29, 1.82) is 0 Å². The fourth-order valence-electron chi connectivity index (χ4n) is 3.01. The number of aliphatic carboxylic acids is 1. The molecule has 0 radical (unpaired) electrons. The molecular weight excluding hydrogens is 330 g/mol. The second kappa shape index (κ2) is 6.84. The van der Waals surface area contributed by atoms with Gasteiger partial charge in [0.15, 0.2) is 11.2 Å². The lowest BCUT2D eigenvalue weighted by molar-refractivity contribution is -0.137. The van der Waals surface area contributed by atoms with Crippen LogP contribution in [-0.2, 0) is 4.79 Å². The first-order chi connectivity index (χ1) is 12.7. The number of fused-ring (bicyclic) bond motifs is 2. The number of oxazole rings is 1. The Kier molecular flexibility index (Phi) is 4.23. The topological polar surface area (TPSA) is 79.5 Å². The second-order valence-corrected chi connectivity index (χ2v) is 6.00. The van der Waals surface area contributed by atoms with Crippen LogP contribution in [0, 0.1) is 0 Å². The molecule has 0 spiro atoms. The molecule has 0 saturated heterocycles. The zero-order valence-corrected chi connectivity index (χ0v) is 14.0. The van der Waals surface area contributed by atoms with Crippen molar-refractivity contribution in [2.75, 3.05) is 11.4 Å².